The van der Waals surface area contributed by atoms with Gasteiger partial charge in [-0.05, 0) is 13.3 Å². The Morgan fingerprint density at radius 2 is 2.27 bits per heavy atom. The smallest absolute Gasteiger partial charge is 0.116 e. The molecule has 1 rings (SSSR count). The molecular formula is C8H17N3. The standard InChI is InChI=1S/C8H17N3/c1-4-5-6-11-7-9-10(3)8(11)2/h7-8H,4-6H2,1-3H3. The van der Waals surface area contributed by atoms with Crippen molar-refractivity contribution in [2.75, 3.05) is 13.6 Å². The van der Waals surface area contributed by atoms with E-state index in [0.717, 1.165) is 6.54 Å². The average Bonchev–Trinajstić information content (AvgIpc) is 2.31. The van der Waals surface area contributed by atoms with Gasteiger partial charge in [0.2, 0.25) is 0 Å². The van der Waals surface area contributed by atoms with E-state index >= 15 is 0 Å². The summed E-state index contributed by atoms with van der Waals surface area (Å²) in [5.74, 6) is 0. The Balaban J connectivity index is 2.31. The second-order valence-electron chi connectivity index (χ2n) is 3.03. The van der Waals surface area contributed by atoms with Crippen LogP contribution in [0.3, 0.4) is 0 Å². The Morgan fingerprint density at radius 3 is 2.73 bits per heavy atom. The summed E-state index contributed by atoms with van der Waals surface area (Å²) < 4.78 is 0. The third kappa shape index (κ3) is 1.85. The van der Waals surface area contributed by atoms with Crippen molar-refractivity contribution in [1.29, 1.82) is 0 Å². The van der Waals surface area contributed by atoms with Crippen LogP contribution in [0.25, 0.3) is 0 Å². The molecule has 0 spiro atoms. The van der Waals surface area contributed by atoms with Gasteiger partial charge in [0, 0.05) is 13.6 Å². The number of rotatable bonds is 3. The molecule has 0 saturated heterocycles. The lowest BCUT2D eigenvalue weighted by molar-refractivity contribution is 0.178. The first-order chi connectivity index (χ1) is 5.25. The van der Waals surface area contributed by atoms with Crippen LogP contribution in [0.1, 0.15) is 26.7 Å². The van der Waals surface area contributed by atoms with Crippen molar-refractivity contribution in [1.82, 2.24) is 9.91 Å². The molecule has 0 aromatic carbocycles. The molecule has 1 unspecified atom stereocenters. The van der Waals surface area contributed by atoms with E-state index in [2.05, 4.69) is 23.8 Å². The molecule has 1 aliphatic rings. The number of unbranched alkanes of at least 4 members (excludes halogenated alkanes) is 1. The molecule has 0 aromatic heterocycles. The van der Waals surface area contributed by atoms with Crippen LogP contribution in [-0.4, -0.2) is 36.0 Å². The molecule has 0 aromatic rings. The van der Waals surface area contributed by atoms with Gasteiger partial charge in [-0.1, -0.05) is 13.3 Å². The third-order valence-electron chi connectivity index (χ3n) is 2.17. The fourth-order valence-electron chi connectivity index (χ4n) is 1.14. The van der Waals surface area contributed by atoms with Gasteiger partial charge in [0.25, 0.3) is 0 Å². The maximum atomic E-state index is 4.19. The second-order valence-corrected chi connectivity index (χ2v) is 3.03. The lowest BCUT2D eigenvalue weighted by Crippen LogP contribution is -2.35. The van der Waals surface area contributed by atoms with Crippen molar-refractivity contribution in [3.8, 4) is 0 Å². The Bertz CT molecular complexity index is 144. The highest BCUT2D eigenvalue weighted by Gasteiger charge is 2.18. The van der Waals surface area contributed by atoms with E-state index in [9.17, 15) is 0 Å². The van der Waals surface area contributed by atoms with Crippen LogP contribution in [0, 0.1) is 0 Å². The molecule has 3 heteroatoms. The summed E-state index contributed by atoms with van der Waals surface area (Å²) in [4.78, 5) is 2.27. The monoisotopic (exact) mass is 155 g/mol. The minimum atomic E-state index is 0.446. The molecule has 0 bridgehead atoms. The Hall–Kier alpha value is -0.730. The fourth-order valence-corrected chi connectivity index (χ4v) is 1.14. The topological polar surface area (TPSA) is 18.8 Å². The summed E-state index contributed by atoms with van der Waals surface area (Å²) in [5, 5.41) is 6.17. The highest BCUT2D eigenvalue weighted by molar-refractivity contribution is 5.56. The Kier molecular flexibility index (Phi) is 2.74. The molecule has 0 fully saturated rings. The molecule has 0 N–H and O–H groups in total. The molecule has 0 radical (unpaired) electrons. The van der Waals surface area contributed by atoms with Gasteiger partial charge in [0.05, 0.1) is 0 Å². The molecule has 3 nitrogen and oxygen atoms in total. The van der Waals surface area contributed by atoms with E-state index in [4.69, 9.17) is 0 Å². The predicted molar refractivity (Wildman–Crippen MR) is 47.3 cm³/mol. The van der Waals surface area contributed by atoms with Gasteiger partial charge in [-0.15, -0.1) is 0 Å². The van der Waals surface area contributed by atoms with E-state index in [1.165, 1.54) is 12.8 Å². The van der Waals surface area contributed by atoms with E-state index in [1.54, 1.807) is 0 Å². The highest BCUT2D eigenvalue weighted by Crippen LogP contribution is 2.09. The summed E-state index contributed by atoms with van der Waals surface area (Å²) in [6, 6.07) is 0. The minimum Gasteiger partial charge on any atom is -0.340 e. The number of hydrogen-bond acceptors (Lipinski definition) is 3. The predicted octanol–water partition coefficient (Wildman–Crippen LogP) is 1.32. The van der Waals surface area contributed by atoms with Crippen LogP contribution in [0.2, 0.25) is 0 Å². The lowest BCUT2D eigenvalue weighted by atomic mass is 10.3. The SMILES string of the molecule is CCCCN1C=NN(C)C1C. The molecule has 0 aliphatic carbocycles. The highest BCUT2D eigenvalue weighted by atomic mass is 15.6. The lowest BCUT2D eigenvalue weighted by Gasteiger charge is -2.24. The first-order valence-corrected chi connectivity index (χ1v) is 4.28. The van der Waals surface area contributed by atoms with Crippen LogP contribution in [-0.2, 0) is 0 Å². The van der Waals surface area contributed by atoms with E-state index in [0.29, 0.717) is 6.17 Å². The molecule has 1 atom stereocenters. The fraction of sp³-hybridized carbons (Fsp3) is 0.875. The van der Waals surface area contributed by atoms with Gasteiger partial charge in [0.15, 0.2) is 0 Å². The average molecular weight is 155 g/mol. The third-order valence-corrected chi connectivity index (χ3v) is 2.17. The molecule has 1 aliphatic heterocycles. The summed E-state index contributed by atoms with van der Waals surface area (Å²) in [6.45, 7) is 5.51. The molecule has 1 heterocycles. The first-order valence-electron chi connectivity index (χ1n) is 4.28. The zero-order valence-electron chi connectivity index (χ0n) is 7.62. The van der Waals surface area contributed by atoms with Crippen LogP contribution < -0.4 is 0 Å². The maximum Gasteiger partial charge on any atom is 0.116 e. The van der Waals surface area contributed by atoms with Gasteiger partial charge in [-0.2, -0.15) is 5.10 Å². The van der Waals surface area contributed by atoms with Crippen LogP contribution in [0.5, 0.6) is 0 Å². The van der Waals surface area contributed by atoms with Gasteiger partial charge in [-0.25, -0.2) is 0 Å². The summed E-state index contributed by atoms with van der Waals surface area (Å²) in [5.41, 5.74) is 0. The first kappa shape index (κ1) is 8.37. The second kappa shape index (κ2) is 3.60. The Morgan fingerprint density at radius 1 is 1.55 bits per heavy atom. The van der Waals surface area contributed by atoms with Crippen LogP contribution >= 0.6 is 0 Å². The summed E-state index contributed by atoms with van der Waals surface area (Å²) in [6.07, 6.45) is 4.88. The largest absolute Gasteiger partial charge is 0.340 e. The maximum absolute atomic E-state index is 4.19. The normalized spacial score (nSPS) is 23.4. The zero-order valence-corrected chi connectivity index (χ0v) is 7.62. The molecule has 0 amide bonds. The summed E-state index contributed by atoms with van der Waals surface area (Å²) >= 11 is 0. The molecule has 0 saturated carbocycles. The van der Waals surface area contributed by atoms with Gasteiger partial charge in [-0.3, -0.25) is 5.01 Å². The van der Waals surface area contributed by atoms with E-state index in [1.807, 2.05) is 18.4 Å². The minimum absolute atomic E-state index is 0.446. The van der Waals surface area contributed by atoms with Crippen molar-refractivity contribution in [3.05, 3.63) is 0 Å². The number of hydrogen-bond donors (Lipinski definition) is 0. The van der Waals surface area contributed by atoms with Crippen LogP contribution in [0.4, 0.5) is 0 Å². The Labute approximate surface area is 68.7 Å². The molecule has 64 valence electrons. The van der Waals surface area contributed by atoms with Crippen molar-refractivity contribution < 1.29 is 0 Å². The van der Waals surface area contributed by atoms with E-state index in [-0.39, 0.29) is 0 Å². The van der Waals surface area contributed by atoms with Crippen molar-refractivity contribution in [3.63, 3.8) is 0 Å². The van der Waals surface area contributed by atoms with Crippen molar-refractivity contribution in [2.24, 2.45) is 5.10 Å². The molecule has 11 heavy (non-hydrogen) atoms. The number of hydrazone groups is 1. The van der Waals surface area contributed by atoms with E-state index < -0.39 is 0 Å². The van der Waals surface area contributed by atoms with Crippen LogP contribution in [0.15, 0.2) is 5.10 Å². The van der Waals surface area contributed by atoms with Crippen molar-refractivity contribution in [2.45, 2.75) is 32.9 Å². The van der Waals surface area contributed by atoms with Crippen molar-refractivity contribution >= 4 is 6.34 Å². The van der Waals surface area contributed by atoms with Gasteiger partial charge >= 0.3 is 0 Å². The van der Waals surface area contributed by atoms with Gasteiger partial charge < -0.3 is 4.90 Å². The summed E-state index contributed by atoms with van der Waals surface area (Å²) in [7, 11) is 2.01. The van der Waals surface area contributed by atoms with Gasteiger partial charge in [0.1, 0.15) is 12.5 Å². The quantitative estimate of drug-likeness (QED) is 0.612. The molecular weight excluding hydrogens is 138 g/mol. The number of nitrogens with zero attached hydrogens (tertiary/aromatic N) is 3. The zero-order chi connectivity index (χ0) is 8.27.